The molecule has 0 bridgehead atoms. The summed E-state index contributed by atoms with van der Waals surface area (Å²) in [5.74, 6) is 1.01. The van der Waals surface area contributed by atoms with E-state index < -0.39 is 5.60 Å². The summed E-state index contributed by atoms with van der Waals surface area (Å²) in [5, 5.41) is 9.84. The van der Waals surface area contributed by atoms with Crippen molar-refractivity contribution in [1.82, 2.24) is 4.90 Å². The van der Waals surface area contributed by atoms with Crippen molar-refractivity contribution >= 4 is 5.91 Å². The van der Waals surface area contributed by atoms with Crippen LogP contribution in [0.2, 0.25) is 0 Å². The Hall–Kier alpha value is -1.35. The number of hydrogen-bond acceptors (Lipinski definition) is 2. The Morgan fingerprint density at radius 1 is 1.21 bits per heavy atom. The number of rotatable bonds is 3. The molecule has 2 aliphatic carbocycles. The van der Waals surface area contributed by atoms with E-state index in [9.17, 15) is 9.90 Å². The van der Waals surface area contributed by atoms with Crippen LogP contribution in [0.5, 0.6) is 0 Å². The van der Waals surface area contributed by atoms with E-state index in [-0.39, 0.29) is 11.8 Å². The molecule has 3 nitrogen and oxygen atoms in total. The number of benzene rings is 1. The number of carbonyl (C=O) groups is 1. The van der Waals surface area contributed by atoms with E-state index >= 15 is 0 Å². The van der Waals surface area contributed by atoms with Crippen molar-refractivity contribution in [3.05, 3.63) is 35.4 Å². The largest absolute Gasteiger partial charge is 0.390 e. The standard InChI is InChI=1S/C21H29NO2/c1-3-15-4-6-16(7-5-15)17-8-9-21(12-17)13-22(14-21)19(23)18-10-20(2,24)11-18/h4-7,17-18,24H,3,8-14H2,1-2H3/t17-,18?,20?/m1/s1. The van der Waals surface area contributed by atoms with Crippen LogP contribution in [-0.2, 0) is 11.2 Å². The van der Waals surface area contributed by atoms with E-state index in [0.29, 0.717) is 24.2 Å². The Labute approximate surface area is 145 Å². The number of amides is 1. The lowest BCUT2D eigenvalue weighted by Crippen LogP contribution is -2.61. The average molecular weight is 327 g/mol. The van der Waals surface area contributed by atoms with Gasteiger partial charge in [-0.3, -0.25) is 4.79 Å². The van der Waals surface area contributed by atoms with Gasteiger partial charge < -0.3 is 10.0 Å². The lowest BCUT2D eigenvalue weighted by Gasteiger charge is -2.52. The van der Waals surface area contributed by atoms with Gasteiger partial charge in [0.2, 0.25) is 5.91 Å². The second-order valence-corrected chi connectivity index (χ2v) is 8.83. The van der Waals surface area contributed by atoms with Gasteiger partial charge in [0.15, 0.2) is 0 Å². The fourth-order valence-corrected chi connectivity index (χ4v) is 5.16. The molecule has 0 radical (unpaired) electrons. The van der Waals surface area contributed by atoms with Crippen molar-refractivity contribution in [1.29, 1.82) is 0 Å². The summed E-state index contributed by atoms with van der Waals surface area (Å²) < 4.78 is 0. The summed E-state index contributed by atoms with van der Waals surface area (Å²) in [6, 6.07) is 9.14. The first-order chi connectivity index (χ1) is 11.4. The van der Waals surface area contributed by atoms with E-state index in [1.807, 2.05) is 11.8 Å². The van der Waals surface area contributed by atoms with Crippen LogP contribution in [0.15, 0.2) is 24.3 Å². The lowest BCUT2D eigenvalue weighted by molar-refractivity contribution is -0.161. The molecule has 0 aromatic heterocycles. The van der Waals surface area contributed by atoms with E-state index in [1.165, 1.54) is 30.4 Å². The summed E-state index contributed by atoms with van der Waals surface area (Å²) in [7, 11) is 0. The zero-order valence-electron chi connectivity index (χ0n) is 14.9. The van der Waals surface area contributed by atoms with Crippen LogP contribution in [0.4, 0.5) is 0 Å². The zero-order valence-corrected chi connectivity index (χ0v) is 14.9. The summed E-state index contributed by atoms with van der Waals surface area (Å²) >= 11 is 0. The molecule has 1 N–H and O–H groups in total. The van der Waals surface area contributed by atoms with Crippen LogP contribution in [0.25, 0.3) is 0 Å². The third kappa shape index (κ3) is 2.77. The predicted molar refractivity (Wildman–Crippen MR) is 94.8 cm³/mol. The number of carbonyl (C=O) groups excluding carboxylic acids is 1. The molecule has 1 aromatic carbocycles. The predicted octanol–water partition coefficient (Wildman–Crippen LogP) is 3.51. The van der Waals surface area contributed by atoms with Gasteiger partial charge in [-0.25, -0.2) is 0 Å². The number of likely N-dealkylation sites (tertiary alicyclic amines) is 1. The number of nitrogens with zero attached hydrogens (tertiary/aromatic N) is 1. The normalized spacial score (nSPS) is 34.0. The van der Waals surface area contributed by atoms with Crippen LogP contribution < -0.4 is 0 Å². The first-order valence-corrected chi connectivity index (χ1v) is 9.50. The molecular weight excluding hydrogens is 298 g/mol. The summed E-state index contributed by atoms with van der Waals surface area (Å²) in [6.07, 6.45) is 6.11. The van der Waals surface area contributed by atoms with E-state index in [0.717, 1.165) is 19.5 Å². The highest BCUT2D eigenvalue weighted by atomic mass is 16.3. The molecular formula is C21H29NO2. The van der Waals surface area contributed by atoms with Crippen molar-refractivity contribution < 1.29 is 9.90 Å². The Morgan fingerprint density at radius 3 is 2.46 bits per heavy atom. The van der Waals surface area contributed by atoms with Gasteiger partial charge in [-0.05, 0) is 62.5 Å². The monoisotopic (exact) mass is 327 g/mol. The second-order valence-electron chi connectivity index (χ2n) is 8.83. The molecule has 24 heavy (non-hydrogen) atoms. The molecule has 1 saturated heterocycles. The topological polar surface area (TPSA) is 40.5 Å². The molecule has 1 atom stereocenters. The highest BCUT2D eigenvalue weighted by Gasteiger charge is 2.52. The first-order valence-electron chi connectivity index (χ1n) is 9.50. The molecule has 130 valence electrons. The van der Waals surface area contributed by atoms with Crippen LogP contribution >= 0.6 is 0 Å². The van der Waals surface area contributed by atoms with Crippen molar-refractivity contribution in [3.8, 4) is 0 Å². The highest BCUT2D eigenvalue weighted by molar-refractivity contribution is 5.81. The lowest BCUT2D eigenvalue weighted by atomic mass is 9.69. The van der Waals surface area contributed by atoms with E-state index in [4.69, 9.17) is 0 Å². The van der Waals surface area contributed by atoms with Gasteiger partial charge in [0.05, 0.1) is 5.60 Å². The Morgan fingerprint density at radius 2 is 1.88 bits per heavy atom. The molecule has 3 aliphatic rings. The van der Waals surface area contributed by atoms with Crippen LogP contribution in [0.1, 0.15) is 63.0 Å². The number of aryl methyl sites for hydroxylation is 1. The molecule has 1 amide bonds. The van der Waals surface area contributed by atoms with Gasteiger partial charge in [0.25, 0.3) is 0 Å². The third-order valence-corrected chi connectivity index (χ3v) is 6.65. The Bertz CT molecular complexity index is 620. The molecule has 1 heterocycles. The maximum atomic E-state index is 12.5. The maximum absolute atomic E-state index is 12.5. The average Bonchev–Trinajstić information content (AvgIpc) is 2.96. The molecule has 1 aromatic rings. The first kappa shape index (κ1) is 16.1. The zero-order chi connectivity index (χ0) is 16.9. The van der Waals surface area contributed by atoms with Crippen molar-refractivity contribution in [2.75, 3.05) is 13.1 Å². The van der Waals surface area contributed by atoms with Crippen molar-refractivity contribution in [2.45, 2.75) is 63.9 Å². The molecule has 1 spiro atoms. The molecule has 1 aliphatic heterocycles. The van der Waals surface area contributed by atoms with Crippen molar-refractivity contribution in [2.24, 2.45) is 11.3 Å². The van der Waals surface area contributed by atoms with Crippen molar-refractivity contribution in [3.63, 3.8) is 0 Å². The number of aliphatic hydroxyl groups is 1. The maximum Gasteiger partial charge on any atom is 0.225 e. The molecule has 0 unspecified atom stereocenters. The van der Waals surface area contributed by atoms with Crippen LogP contribution in [-0.4, -0.2) is 34.6 Å². The minimum Gasteiger partial charge on any atom is -0.390 e. The van der Waals surface area contributed by atoms with E-state index in [2.05, 4.69) is 31.2 Å². The SMILES string of the molecule is CCc1ccc([C@@H]2CCC3(C2)CN(C(=O)C2CC(C)(O)C2)C3)cc1. The van der Waals surface area contributed by atoms with Crippen LogP contribution in [0.3, 0.4) is 0 Å². The quantitative estimate of drug-likeness (QED) is 0.923. The second kappa shape index (κ2) is 5.59. The van der Waals surface area contributed by atoms with Gasteiger partial charge in [-0.2, -0.15) is 0 Å². The fourth-order valence-electron chi connectivity index (χ4n) is 5.16. The van der Waals surface area contributed by atoms with Gasteiger partial charge in [0.1, 0.15) is 0 Å². The third-order valence-electron chi connectivity index (χ3n) is 6.65. The minimum absolute atomic E-state index is 0.0659. The van der Waals surface area contributed by atoms with Gasteiger partial charge in [0, 0.05) is 24.4 Å². The molecule has 3 heteroatoms. The summed E-state index contributed by atoms with van der Waals surface area (Å²) in [5.41, 5.74) is 2.65. The highest BCUT2D eigenvalue weighted by Crippen LogP contribution is 2.52. The van der Waals surface area contributed by atoms with Gasteiger partial charge in [-0.1, -0.05) is 31.2 Å². The Balaban J connectivity index is 1.32. The summed E-state index contributed by atoms with van der Waals surface area (Å²) in [6.45, 7) is 5.91. The van der Waals surface area contributed by atoms with Crippen LogP contribution in [0, 0.1) is 11.3 Å². The fraction of sp³-hybridized carbons (Fsp3) is 0.667. The molecule has 3 fully saturated rings. The van der Waals surface area contributed by atoms with E-state index in [1.54, 1.807) is 0 Å². The van der Waals surface area contributed by atoms with Gasteiger partial charge >= 0.3 is 0 Å². The Kier molecular flexibility index (Phi) is 3.76. The molecule has 4 rings (SSSR count). The number of hydrogen-bond donors (Lipinski definition) is 1. The smallest absolute Gasteiger partial charge is 0.225 e. The molecule has 2 saturated carbocycles. The minimum atomic E-state index is -0.605. The summed E-state index contributed by atoms with van der Waals surface area (Å²) in [4.78, 5) is 14.5. The van der Waals surface area contributed by atoms with Gasteiger partial charge in [-0.15, -0.1) is 0 Å².